The maximum absolute atomic E-state index is 7.17. The maximum atomic E-state index is 7.17. The molecule has 0 bridgehead atoms. The van der Waals surface area contributed by atoms with Gasteiger partial charge in [0.1, 0.15) is 6.34 Å². The lowest BCUT2D eigenvalue weighted by atomic mass is 10.1. The van der Waals surface area contributed by atoms with Crippen LogP contribution in [0.25, 0.3) is 0 Å². The van der Waals surface area contributed by atoms with Gasteiger partial charge in [-0.2, -0.15) is 5.53 Å². The van der Waals surface area contributed by atoms with Crippen molar-refractivity contribution in [2.24, 2.45) is 5.22 Å². The highest BCUT2D eigenvalue weighted by Crippen LogP contribution is 2.44. The number of rotatable bonds is 4. The molecule has 0 spiro atoms. The van der Waals surface area contributed by atoms with E-state index in [1.807, 2.05) is 12.1 Å². The molecule has 2 rings (SSSR count). The monoisotopic (exact) mass is 203 g/mol. The molecule has 5 nitrogen and oxygen atoms in total. The van der Waals surface area contributed by atoms with Crippen molar-refractivity contribution >= 4 is 17.7 Å². The highest BCUT2D eigenvalue weighted by Gasteiger charge is 2.27. The van der Waals surface area contributed by atoms with Gasteiger partial charge in [0, 0.05) is 5.69 Å². The molecule has 4 N–H and O–H groups in total. The summed E-state index contributed by atoms with van der Waals surface area (Å²) in [4.78, 5) is 0. The standard InChI is InChI=1S/C10H13N5/c11-6-15(14-13)10-5-8(12)3-4-9(10)7-1-2-7/h3-7,11,13H,1-2,12H2. The fraction of sp³-hybridized carbons (Fsp3) is 0.300. The van der Waals surface area contributed by atoms with E-state index in [9.17, 15) is 0 Å². The highest BCUT2D eigenvalue weighted by molar-refractivity contribution is 5.79. The van der Waals surface area contributed by atoms with Crippen molar-refractivity contribution in [1.29, 1.82) is 10.9 Å². The van der Waals surface area contributed by atoms with E-state index in [4.69, 9.17) is 16.7 Å². The Balaban J connectivity index is 2.45. The Labute approximate surface area is 87.9 Å². The largest absolute Gasteiger partial charge is 0.399 e. The molecule has 1 aliphatic carbocycles. The smallest absolute Gasteiger partial charge is 0.110 e. The number of nitrogen functional groups attached to an aromatic ring is 1. The summed E-state index contributed by atoms with van der Waals surface area (Å²) in [6, 6.07) is 5.57. The van der Waals surface area contributed by atoms with Crippen LogP contribution in [-0.4, -0.2) is 6.34 Å². The van der Waals surface area contributed by atoms with Crippen LogP contribution < -0.4 is 10.7 Å². The quantitative estimate of drug-likeness (QED) is 0.231. The van der Waals surface area contributed by atoms with Gasteiger partial charge in [-0.15, -0.1) is 0 Å². The molecule has 1 aromatic carbocycles. The third kappa shape index (κ3) is 1.81. The first-order chi connectivity index (χ1) is 7.26. The van der Waals surface area contributed by atoms with Crippen molar-refractivity contribution in [3.05, 3.63) is 23.8 Å². The summed E-state index contributed by atoms with van der Waals surface area (Å²) in [6.07, 6.45) is 3.36. The van der Waals surface area contributed by atoms with Crippen LogP contribution in [0, 0.1) is 10.9 Å². The second kappa shape index (κ2) is 3.68. The topological polar surface area (TPSA) is 89.3 Å². The zero-order valence-corrected chi connectivity index (χ0v) is 8.27. The Morgan fingerprint density at radius 1 is 1.47 bits per heavy atom. The average Bonchev–Trinajstić information content (AvgIpc) is 3.04. The van der Waals surface area contributed by atoms with E-state index in [2.05, 4.69) is 5.22 Å². The average molecular weight is 203 g/mol. The Kier molecular flexibility index (Phi) is 2.37. The van der Waals surface area contributed by atoms with Gasteiger partial charge in [0.05, 0.1) is 5.69 Å². The Morgan fingerprint density at radius 3 is 2.73 bits per heavy atom. The molecule has 1 saturated carbocycles. The number of hydrogen-bond donors (Lipinski definition) is 3. The summed E-state index contributed by atoms with van der Waals surface area (Å²) < 4.78 is 0. The van der Waals surface area contributed by atoms with E-state index in [1.54, 1.807) is 6.07 Å². The van der Waals surface area contributed by atoms with Gasteiger partial charge in [0.2, 0.25) is 0 Å². The highest BCUT2D eigenvalue weighted by atomic mass is 15.5. The molecule has 1 aromatic rings. The molecule has 15 heavy (non-hydrogen) atoms. The molecule has 0 heterocycles. The molecule has 78 valence electrons. The first kappa shape index (κ1) is 9.64. The van der Waals surface area contributed by atoms with E-state index >= 15 is 0 Å². The predicted molar refractivity (Wildman–Crippen MR) is 59.2 cm³/mol. The fourth-order valence-electron chi connectivity index (χ4n) is 1.65. The molecule has 0 aliphatic heterocycles. The van der Waals surface area contributed by atoms with Crippen molar-refractivity contribution in [3.63, 3.8) is 0 Å². The Morgan fingerprint density at radius 2 is 2.20 bits per heavy atom. The van der Waals surface area contributed by atoms with Gasteiger partial charge in [0.25, 0.3) is 0 Å². The lowest BCUT2D eigenvalue weighted by Crippen LogP contribution is -2.13. The maximum Gasteiger partial charge on any atom is 0.110 e. The zero-order chi connectivity index (χ0) is 10.8. The van der Waals surface area contributed by atoms with Gasteiger partial charge in [0.15, 0.2) is 0 Å². The van der Waals surface area contributed by atoms with E-state index in [0.717, 1.165) is 17.6 Å². The van der Waals surface area contributed by atoms with E-state index in [0.29, 0.717) is 11.6 Å². The molecule has 0 aromatic heterocycles. The van der Waals surface area contributed by atoms with Crippen LogP contribution in [0.4, 0.5) is 11.4 Å². The molecule has 5 heteroatoms. The van der Waals surface area contributed by atoms with Gasteiger partial charge < -0.3 is 5.73 Å². The third-order valence-electron chi connectivity index (χ3n) is 2.55. The van der Waals surface area contributed by atoms with Crippen LogP contribution in [0.5, 0.6) is 0 Å². The van der Waals surface area contributed by atoms with Gasteiger partial charge in [-0.1, -0.05) is 11.3 Å². The number of hydrogen-bond acceptors (Lipinski definition) is 4. The Bertz CT molecular complexity index is 389. The SMILES string of the molecule is N=CN(N=N)c1cc(N)ccc1C1CC1. The second-order valence-corrected chi connectivity index (χ2v) is 3.67. The van der Waals surface area contributed by atoms with Crippen LogP contribution in [0.3, 0.4) is 0 Å². The van der Waals surface area contributed by atoms with Gasteiger partial charge in [-0.3, -0.25) is 5.41 Å². The van der Waals surface area contributed by atoms with Crippen molar-refractivity contribution < 1.29 is 0 Å². The van der Waals surface area contributed by atoms with Gasteiger partial charge in [-0.05, 0) is 36.5 Å². The number of nitrogens with two attached hydrogens (primary N) is 1. The van der Waals surface area contributed by atoms with E-state index in [1.165, 1.54) is 17.9 Å². The third-order valence-corrected chi connectivity index (χ3v) is 2.55. The molecule has 1 aliphatic rings. The van der Waals surface area contributed by atoms with Gasteiger partial charge in [-0.25, -0.2) is 5.01 Å². The minimum absolute atomic E-state index is 0.546. The minimum Gasteiger partial charge on any atom is -0.399 e. The van der Waals surface area contributed by atoms with Crippen LogP contribution in [-0.2, 0) is 0 Å². The first-order valence-corrected chi connectivity index (χ1v) is 4.83. The zero-order valence-electron chi connectivity index (χ0n) is 8.27. The summed E-state index contributed by atoms with van der Waals surface area (Å²) in [5, 5.41) is 11.7. The van der Waals surface area contributed by atoms with Gasteiger partial charge >= 0.3 is 0 Å². The number of anilines is 2. The van der Waals surface area contributed by atoms with Crippen LogP contribution in [0.2, 0.25) is 0 Å². The van der Waals surface area contributed by atoms with Crippen molar-refractivity contribution in [2.45, 2.75) is 18.8 Å². The molecular weight excluding hydrogens is 190 g/mol. The summed E-state index contributed by atoms with van der Waals surface area (Å²) in [7, 11) is 0. The fourth-order valence-corrected chi connectivity index (χ4v) is 1.65. The first-order valence-electron chi connectivity index (χ1n) is 4.83. The molecule has 1 fully saturated rings. The molecular formula is C10H13N5. The number of benzene rings is 1. The van der Waals surface area contributed by atoms with Crippen molar-refractivity contribution in [2.75, 3.05) is 10.7 Å². The molecule has 0 unspecified atom stereocenters. The van der Waals surface area contributed by atoms with Crippen molar-refractivity contribution in [3.8, 4) is 0 Å². The second-order valence-electron chi connectivity index (χ2n) is 3.67. The lowest BCUT2D eigenvalue weighted by molar-refractivity contribution is 0.938. The molecule has 0 amide bonds. The number of nitrogens with one attached hydrogen (secondary N) is 2. The normalized spacial score (nSPS) is 14.7. The molecule has 0 saturated heterocycles. The van der Waals surface area contributed by atoms with Crippen LogP contribution in [0.1, 0.15) is 24.3 Å². The molecule has 0 atom stereocenters. The van der Waals surface area contributed by atoms with Crippen molar-refractivity contribution in [1.82, 2.24) is 0 Å². The summed E-state index contributed by atoms with van der Waals surface area (Å²) in [5.74, 6) is 0.546. The lowest BCUT2D eigenvalue weighted by Gasteiger charge is -2.15. The summed E-state index contributed by atoms with van der Waals surface area (Å²) in [6.45, 7) is 0. The number of nitrogens with zero attached hydrogens (tertiary/aromatic N) is 2. The molecule has 0 radical (unpaired) electrons. The van der Waals surface area contributed by atoms with E-state index < -0.39 is 0 Å². The van der Waals surface area contributed by atoms with Crippen LogP contribution in [0.15, 0.2) is 23.4 Å². The Hall–Kier alpha value is -1.91. The summed E-state index contributed by atoms with van der Waals surface area (Å²) in [5.41, 5.74) is 15.2. The summed E-state index contributed by atoms with van der Waals surface area (Å²) >= 11 is 0. The van der Waals surface area contributed by atoms with Crippen LogP contribution >= 0.6 is 0 Å². The minimum atomic E-state index is 0.546. The van der Waals surface area contributed by atoms with E-state index in [-0.39, 0.29) is 0 Å². The predicted octanol–water partition coefficient (Wildman–Crippen LogP) is 2.51.